The molecule has 0 fully saturated rings. The molecule has 0 saturated heterocycles. The molecule has 1 aromatic carbocycles. The van der Waals surface area contributed by atoms with Crippen molar-refractivity contribution in [3.63, 3.8) is 0 Å². The van der Waals surface area contributed by atoms with E-state index >= 15 is 0 Å². The number of benzene rings is 1. The maximum atomic E-state index is 11.3. The Bertz CT molecular complexity index is 462. The molecule has 0 bridgehead atoms. The van der Waals surface area contributed by atoms with Gasteiger partial charge in [-0.3, -0.25) is 0 Å². The lowest BCUT2D eigenvalue weighted by Gasteiger charge is -2.16. The van der Waals surface area contributed by atoms with Crippen molar-refractivity contribution in [1.82, 2.24) is 0 Å². The predicted octanol–water partition coefficient (Wildman–Crippen LogP) is 2.91. The van der Waals surface area contributed by atoms with Gasteiger partial charge in [0.1, 0.15) is 5.60 Å². The van der Waals surface area contributed by atoms with Crippen LogP contribution in [0.15, 0.2) is 29.3 Å². The number of nitrogens with zero attached hydrogens (tertiary/aromatic N) is 2. The minimum Gasteiger partial charge on any atom is -0.442 e. The summed E-state index contributed by atoms with van der Waals surface area (Å²) in [4.78, 5) is 14.9. The molecule has 4 heteroatoms. The van der Waals surface area contributed by atoms with Crippen molar-refractivity contribution >= 4 is 12.3 Å². The van der Waals surface area contributed by atoms with Crippen LogP contribution in [0.5, 0.6) is 0 Å². The lowest BCUT2D eigenvalue weighted by Crippen LogP contribution is -2.21. The third-order valence-electron chi connectivity index (χ3n) is 1.75. The molecular weight excluding hydrogens is 216 g/mol. The quantitative estimate of drug-likeness (QED) is 0.697. The van der Waals surface area contributed by atoms with Gasteiger partial charge in [0.25, 0.3) is 0 Å². The average Bonchev–Trinajstić information content (AvgIpc) is 2.25. The molecular formula is C13H14N2O2. The van der Waals surface area contributed by atoms with Crippen LogP contribution in [0.4, 0.5) is 4.79 Å². The van der Waals surface area contributed by atoms with Crippen LogP contribution in [0.3, 0.4) is 0 Å². The van der Waals surface area contributed by atoms with Crippen molar-refractivity contribution in [2.24, 2.45) is 4.99 Å². The Kier molecular flexibility index (Phi) is 4.00. The van der Waals surface area contributed by atoms with E-state index in [0.29, 0.717) is 5.56 Å². The van der Waals surface area contributed by atoms with Gasteiger partial charge in [-0.2, -0.15) is 10.3 Å². The Hall–Kier alpha value is -2.15. The van der Waals surface area contributed by atoms with E-state index in [4.69, 9.17) is 10.00 Å². The second-order valence-corrected chi connectivity index (χ2v) is 4.47. The second kappa shape index (κ2) is 5.26. The molecule has 0 aliphatic rings. The fourth-order valence-corrected chi connectivity index (χ4v) is 1.06. The summed E-state index contributed by atoms with van der Waals surface area (Å²) in [6.45, 7) is 5.34. The fraction of sp³-hybridized carbons (Fsp3) is 0.308. The zero-order valence-corrected chi connectivity index (χ0v) is 10.1. The Morgan fingerprint density at radius 2 is 1.94 bits per heavy atom. The minimum absolute atomic E-state index is 0.543. The van der Waals surface area contributed by atoms with Gasteiger partial charge in [0, 0.05) is 6.21 Å². The molecule has 0 unspecified atom stereocenters. The van der Waals surface area contributed by atoms with E-state index in [2.05, 4.69) is 4.99 Å². The van der Waals surface area contributed by atoms with Crippen LogP contribution in [0.25, 0.3) is 0 Å². The van der Waals surface area contributed by atoms with Gasteiger partial charge in [-0.1, -0.05) is 12.1 Å². The maximum absolute atomic E-state index is 11.3. The van der Waals surface area contributed by atoms with Gasteiger partial charge >= 0.3 is 6.09 Å². The molecule has 0 aliphatic carbocycles. The highest BCUT2D eigenvalue weighted by molar-refractivity contribution is 5.89. The van der Waals surface area contributed by atoms with Gasteiger partial charge < -0.3 is 4.74 Å². The van der Waals surface area contributed by atoms with Crippen LogP contribution in [-0.2, 0) is 4.74 Å². The highest BCUT2D eigenvalue weighted by Crippen LogP contribution is 2.08. The van der Waals surface area contributed by atoms with E-state index in [0.717, 1.165) is 5.56 Å². The van der Waals surface area contributed by atoms with Crippen LogP contribution in [0.2, 0.25) is 0 Å². The molecule has 0 N–H and O–H groups in total. The van der Waals surface area contributed by atoms with Crippen molar-refractivity contribution in [2.45, 2.75) is 26.4 Å². The Morgan fingerprint density at radius 1 is 1.35 bits per heavy atom. The van der Waals surface area contributed by atoms with Gasteiger partial charge in [-0.15, -0.1) is 0 Å². The van der Waals surface area contributed by atoms with Crippen molar-refractivity contribution in [3.8, 4) is 6.07 Å². The lowest BCUT2D eigenvalue weighted by molar-refractivity contribution is 0.0605. The highest BCUT2D eigenvalue weighted by Gasteiger charge is 2.14. The van der Waals surface area contributed by atoms with Gasteiger partial charge in [-0.05, 0) is 38.5 Å². The molecule has 1 rings (SSSR count). The first-order valence-corrected chi connectivity index (χ1v) is 5.18. The fourth-order valence-electron chi connectivity index (χ4n) is 1.06. The summed E-state index contributed by atoms with van der Waals surface area (Å²) in [6.07, 6.45) is 0.789. The van der Waals surface area contributed by atoms with Gasteiger partial charge in [0.2, 0.25) is 0 Å². The van der Waals surface area contributed by atoms with Crippen molar-refractivity contribution in [1.29, 1.82) is 5.26 Å². The van der Waals surface area contributed by atoms with E-state index in [9.17, 15) is 4.79 Å². The molecule has 1 aromatic rings. The zero-order chi connectivity index (χ0) is 12.9. The first-order valence-electron chi connectivity index (χ1n) is 5.18. The number of ether oxygens (including phenoxy) is 1. The summed E-state index contributed by atoms with van der Waals surface area (Å²) in [6, 6.07) is 8.77. The van der Waals surface area contributed by atoms with Crippen molar-refractivity contribution < 1.29 is 9.53 Å². The Balaban J connectivity index is 2.65. The molecule has 0 heterocycles. The standard InChI is InChI=1S/C13H14N2O2/c1-13(2,3)17-12(16)15-9-11-6-4-10(8-14)5-7-11/h4-7,9H,1-3H3. The number of nitriles is 1. The number of hydrogen-bond acceptors (Lipinski definition) is 3. The summed E-state index contributed by atoms with van der Waals surface area (Å²) >= 11 is 0. The maximum Gasteiger partial charge on any atom is 0.434 e. The first kappa shape index (κ1) is 12.9. The van der Waals surface area contributed by atoms with E-state index in [1.54, 1.807) is 45.0 Å². The first-order chi connectivity index (χ1) is 7.90. The Morgan fingerprint density at radius 3 is 2.41 bits per heavy atom. The predicted molar refractivity (Wildman–Crippen MR) is 65.0 cm³/mol. The van der Waals surface area contributed by atoms with Crippen LogP contribution < -0.4 is 0 Å². The van der Waals surface area contributed by atoms with E-state index in [1.807, 2.05) is 6.07 Å². The van der Waals surface area contributed by atoms with Crippen LogP contribution >= 0.6 is 0 Å². The summed E-state index contributed by atoms with van der Waals surface area (Å²) in [5.41, 5.74) is 0.772. The smallest absolute Gasteiger partial charge is 0.434 e. The van der Waals surface area contributed by atoms with Crippen LogP contribution in [0.1, 0.15) is 31.9 Å². The lowest BCUT2D eigenvalue weighted by atomic mass is 10.2. The molecule has 0 saturated carbocycles. The summed E-state index contributed by atoms with van der Waals surface area (Å²) in [5, 5.41) is 8.62. The van der Waals surface area contributed by atoms with E-state index in [1.165, 1.54) is 6.21 Å². The monoisotopic (exact) mass is 230 g/mol. The van der Waals surface area contributed by atoms with Gasteiger partial charge in [-0.25, -0.2) is 4.79 Å². The van der Waals surface area contributed by atoms with Crippen LogP contribution in [-0.4, -0.2) is 17.9 Å². The topological polar surface area (TPSA) is 62.4 Å². The largest absolute Gasteiger partial charge is 0.442 e. The number of amides is 1. The molecule has 1 amide bonds. The highest BCUT2D eigenvalue weighted by atomic mass is 16.6. The normalized spacial score (nSPS) is 11.2. The molecule has 0 spiro atoms. The van der Waals surface area contributed by atoms with Crippen molar-refractivity contribution in [3.05, 3.63) is 35.4 Å². The number of carbonyl (C=O) groups is 1. The van der Waals surface area contributed by atoms with Gasteiger partial charge in [0.15, 0.2) is 0 Å². The molecule has 17 heavy (non-hydrogen) atoms. The number of hydrogen-bond donors (Lipinski definition) is 0. The molecule has 0 radical (unpaired) electrons. The summed E-state index contributed by atoms with van der Waals surface area (Å²) in [5.74, 6) is 0. The molecule has 0 atom stereocenters. The minimum atomic E-state index is -0.623. The molecule has 4 nitrogen and oxygen atoms in total. The third-order valence-corrected chi connectivity index (χ3v) is 1.75. The number of aliphatic imine (C=N–C) groups is 1. The molecule has 0 aliphatic heterocycles. The molecule has 0 aromatic heterocycles. The third kappa shape index (κ3) is 4.94. The second-order valence-electron chi connectivity index (χ2n) is 4.47. The summed E-state index contributed by atoms with van der Waals surface area (Å²) in [7, 11) is 0. The van der Waals surface area contributed by atoms with Crippen molar-refractivity contribution in [2.75, 3.05) is 0 Å². The van der Waals surface area contributed by atoms with Gasteiger partial charge in [0.05, 0.1) is 11.6 Å². The van der Waals surface area contributed by atoms with Crippen LogP contribution in [0, 0.1) is 11.3 Å². The number of rotatable bonds is 1. The SMILES string of the molecule is CC(C)(C)OC(=O)N=Cc1ccc(C#N)cc1. The number of carbonyl (C=O) groups excluding carboxylic acids is 1. The molecule has 88 valence electrons. The average molecular weight is 230 g/mol. The van der Waals surface area contributed by atoms with E-state index < -0.39 is 11.7 Å². The zero-order valence-electron chi connectivity index (χ0n) is 10.1. The summed E-state index contributed by atoms with van der Waals surface area (Å²) < 4.78 is 5.02. The Labute approximate surface area is 101 Å². The van der Waals surface area contributed by atoms with E-state index in [-0.39, 0.29) is 0 Å².